The number of rotatable bonds is 4. The van der Waals surface area contributed by atoms with Crippen LogP contribution in [0.1, 0.15) is 11.6 Å². The largest absolute Gasteiger partial charge is 0.395 e. The Kier molecular flexibility index (Phi) is 4.50. The number of aliphatic hydroxyl groups excluding tert-OH is 1. The normalized spacial score (nSPS) is 23.5. The fraction of sp³-hybridized carbons (Fsp3) is 0.538. The van der Waals surface area contributed by atoms with Gasteiger partial charge in [0.15, 0.2) is 0 Å². The highest BCUT2D eigenvalue weighted by Crippen LogP contribution is 2.23. The second-order valence-electron chi connectivity index (χ2n) is 4.31. The first-order valence-electron chi connectivity index (χ1n) is 6.06. The lowest BCUT2D eigenvalue weighted by Crippen LogP contribution is -2.50. The maximum Gasteiger partial charge on any atom is 0.0645 e. The van der Waals surface area contributed by atoms with Crippen molar-refractivity contribution in [2.45, 2.75) is 12.1 Å². The predicted octanol–water partition coefficient (Wildman–Crippen LogP) is 0.380. The SMILES string of the molecule is NCC(c1ccccc1)N1CCOCC1CO. The molecule has 17 heavy (non-hydrogen) atoms. The molecule has 1 aromatic carbocycles. The van der Waals surface area contributed by atoms with Crippen LogP contribution in [-0.2, 0) is 4.74 Å². The zero-order chi connectivity index (χ0) is 12.1. The van der Waals surface area contributed by atoms with E-state index < -0.39 is 0 Å². The first-order chi connectivity index (χ1) is 8.36. The van der Waals surface area contributed by atoms with Crippen LogP contribution >= 0.6 is 0 Å². The van der Waals surface area contributed by atoms with Crippen LogP contribution in [0.3, 0.4) is 0 Å². The van der Waals surface area contributed by atoms with Gasteiger partial charge in [-0.05, 0) is 5.56 Å². The molecule has 0 bridgehead atoms. The number of hydrogen-bond acceptors (Lipinski definition) is 4. The molecule has 3 N–H and O–H groups in total. The molecule has 1 aromatic rings. The molecule has 4 nitrogen and oxygen atoms in total. The molecule has 0 aliphatic carbocycles. The van der Waals surface area contributed by atoms with Gasteiger partial charge in [0.1, 0.15) is 0 Å². The Hall–Kier alpha value is -0.940. The van der Waals surface area contributed by atoms with E-state index in [0.29, 0.717) is 19.8 Å². The summed E-state index contributed by atoms with van der Waals surface area (Å²) < 4.78 is 5.39. The van der Waals surface area contributed by atoms with Gasteiger partial charge in [-0.2, -0.15) is 0 Å². The molecule has 1 aliphatic rings. The molecule has 94 valence electrons. The average molecular weight is 236 g/mol. The van der Waals surface area contributed by atoms with Crippen LogP contribution in [0.4, 0.5) is 0 Å². The van der Waals surface area contributed by atoms with Crippen molar-refractivity contribution in [3.63, 3.8) is 0 Å². The molecule has 0 radical (unpaired) electrons. The summed E-state index contributed by atoms with van der Waals surface area (Å²) in [5, 5.41) is 9.39. The van der Waals surface area contributed by atoms with Crippen molar-refractivity contribution in [3.05, 3.63) is 35.9 Å². The van der Waals surface area contributed by atoms with E-state index in [1.807, 2.05) is 18.2 Å². The van der Waals surface area contributed by atoms with Crippen LogP contribution in [-0.4, -0.2) is 49.0 Å². The van der Waals surface area contributed by atoms with E-state index in [9.17, 15) is 5.11 Å². The van der Waals surface area contributed by atoms with Crippen molar-refractivity contribution in [3.8, 4) is 0 Å². The van der Waals surface area contributed by atoms with Gasteiger partial charge in [0, 0.05) is 19.1 Å². The zero-order valence-corrected chi connectivity index (χ0v) is 9.96. The highest BCUT2D eigenvalue weighted by atomic mass is 16.5. The van der Waals surface area contributed by atoms with Gasteiger partial charge in [-0.1, -0.05) is 30.3 Å². The summed E-state index contributed by atoms with van der Waals surface area (Å²) in [6.07, 6.45) is 0. The van der Waals surface area contributed by atoms with Crippen molar-refractivity contribution >= 4 is 0 Å². The van der Waals surface area contributed by atoms with Gasteiger partial charge < -0.3 is 15.6 Å². The Labute approximate surface area is 102 Å². The smallest absolute Gasteiger partial charge is 0.0645 e. The average Bonchev–Trinajstić information content (AvgIpc) is 2.41. The molecule has 1 saturated heterocycles. The molecule has 1 heterocycles. The summed E-state index contributed by atoms with van der Waals surface area (Å²) in [5.74, 6) is 0. The van der Waals surface area contributed by atoms with E-state index >= 15 is 0 Å². The molecule has 1 aliphatic heterocycles. The topological polar surface area (TPSA) is 58.7 Å². The van der Waals surface area contributed by atoms with Gasteiger partial charge in [0.05, 0.1) is 25.9 Å². The maximum absolute atomic E-state index is 9.39. The van der Waals surface area contributed by atoms with Gasteiger partial charge >= 0.3 is 0 Å². The second-order valence-corrected chi connectivity index (χ2v) is 4.31. The van der Waals surface area contributed by atoms with Crippen molar-refractivity contribution in [2.24, 2.45) is 5.73 Å². The van der Waals surface area contributed by atoms with E-state index in [4.69, 9.17) is 10.5 Å². The minimum absolute atomic E-state index is 0.0532. The monoisotopic (exact) mass is 236 g/mol. The highest BCUT2D eigenvalue weighted by Gasteiger charge is 2.28. The van der Waals surface area contributed by atoms with E-state index in [-0.39, 0.29) is 18.7 Å². The molecular formula is C13H20N2O2. The molecular weight excluding hydrogens is 216 g/mol. The summed E-state index contributed by atoms with van der Waals surface area (Å²) in [6.45, 7) is 2.78. The Morgan fingerprint density at radius 1 is 1.41 bits per heavy atom. The van der Waals surface area contributed by atoms with Crippen LogP contribution in [0, 0.1) is 0 Å². The Bertz CT molecular complexity index is 331. The fourth-order valence-electron chi connectivity index (χ4n) is 2.37. The van der Waals surface area contributed by atoms with Crippen molar-refractivity contribution in [2.75, 3.05) is 32.9 Å². The second kappa shape index (κ2) is 6.12. The van der Waals surface area contributed by atoms with Crippen LogP contribution < -0.4 is 5.73 Å². The van der Waals surface area contributed by atoms with E-state index in [1.165, 1.54) is 5.56 Å². The molecule has 2 atom stereocenters. The van der Waals surface area contributed by atoms with E-state index in [2.05, 4.69) is 17.0 Å². The molecule has 4 heteroatoms. The number of nitrogens with two attached hydrogens (primary N) is 1. The quantitative estimate of drug-likeness (QED) is 0.793. The summed E-state index contributed by atoms with van der Waals surface area (Å²) in [4.78, 5) is 2.25. The third kappa shape index (κ3) is 2.84. The highest BCUT2D eigenvalue weighted by molar-refractivity contribution is 5.19. The molecule has 2 unspecified atom stereocenters. The number of hydrogen-bond donors (Lipinski definition) is 2. The lowest BCUT2D eigenvalue weighted by Gasteiger charge is -2.40. The molecule has 0 amide bonds. The fourth-order valence-corrected chi connectivity index (χ4v) is 2.37. The summed E-state index contributed by atoms with van der Waals surface area (Å²) >= 11 is 0. The molecule has 1 fully saturated rings. The van der Waals surface area contributed by atoms with E-state index in [1.54, 1.807) is 0 Å². The Morgan fingerprint density at radius 2 is 2.18 bits per heavy atom. The number of morpholine rings is 1. The molecule has 0 spiro atoms. The molecule has 0 saturated carbocycles. The van der Waals surface area contributed by atoms with Crippen LogP contribution in [0.5, 0.6) is 0 Å². The standard InChI is InChI=1S/C13H20N2O2/c14-8-13(11-4-2-1-3-5-11)15-6-7-17-10-12(15)9-16/h1-5,12-13,16H,6-10,14H2. The predicted molar refractivity (Wildman–Crippen MR) is 66.6 cm³/mol. The first kappa shape index (κ1) is 12.5. The summed E-state index contributed by atoms with van der Waals surface area (Å²) in [5.41, 5.74) is 7.09. The third-order valence-electron chi connectivity index (χ3n) is 3.29. The summed E-state index contributed by atoms with van der Waals surface area (Å²) in [6, 6.07) is 10.4. The summed E-state index contributed by atoms with van der Waals surface area (Å²) in [7, 11) is 0. The van der Waals surface area contributed by atoms with Gasteiger partial charge in [0.2, 0.25) is 0 Å². The molecule has 2 rings (SSSR count). The van der Waals surface area contributed by atoms with Gasteiger partial charge in [-0.3, -0.25) is 4.90 Å². The van der Waals surface area contributed by atoms with Crippen LogP contribution in [0.15, 0.2) is 30.3 Å². The van der Waals surface area contributed by atoms with Gasteiger partial charge in [0.25, 0.3) is 0 Å². The van der Waals surface area contributed by atoms with E-state index in [0.717, 1.165) is 6.54 Å². The van der Waals surface area contributed by atoms with Crippen molar-refractivity contribution < 1.29 is 9.84 Å². The van der Waals surface area contributed by atoms with Crippen LogP contribution in [0.25, 0.3) is 0 Å². The number of nitrogens with zero attached hydrogens (tertiary/aromatic N) is 1. The number of ether oxygens (including phenoxy) is 1. The Balaban J connectivity index is 2.16. The third-order valence-corrected chi connectivity index (χ3v) is 3.29. The number of benzene rings is 1. The van der Waals surface area contributed by atoms with Gasteiger partial charge in [-0.25, -0.2) is 0 Å². The lowest BCUT2D eigenvalue weighted by atomic mass is 10.0. The van der Waals surface area contributed by atoms with Crippen molar-refractivity contribution in [1.82, 2.24) is 4.90 Å². The number of aliphatic hydroxyl groups is 1. The maximum atomic E-state index is 9.39. The lowest BCUT2D eigenvalue weighted by molar-refractivity contribution is -0.0463. The van der Waals surface area contributed by atoms with Crippen LogP contribution in [0.2, 0.25) is 0 Å². The minimum Gasteiger partial charge on any atom is -0.395 e. The molecule has 0 aromatic heterocycles. The van der Waals surface area contributed by atoms with Crippen molar-refractivity contribution in [1.29, 1.82) is 0 Å². The Morgan fingerprint density at radius 3 is 2.82 bits per heavy atom. The minimum atomic E-state index is 0.0532. The zero-order valence-electron chi connectivity index (χ0n) is 9.96. The first-order valence-corrected chi connectivity index (χ1v) is 6.06. The van der Waals surface area contributed by atoms with Gasteiger partial charge in [-0.15, -0.1) is 0 Å².